The quantitative estimate of drug-likeness (QED) is 0.766. The first-order valence-electron chi connectivity index (χ1n) is 5.80. The van der Waals surface area contributed by atoms with Gasteiger partial charge in [0.15, 0.2) is 0 Å². The molecule has 2 N–H and O–H groups in total. The van der Waals surface area contributed by atoms with E-state index in [1.165, 1.54) is 17.3 Å². The molecule has 0 saturated heterocycles. The summed E-state index contributed by atoms with van der Waals surface area (Å²) in [5, 5.41) is 3.91. The lowest BCUT2D eigenvalue weighted by Crippen LogP contribution is -2.21. The molecule has 2 rings (SSSR count). The van der Waals surface area contributed by atoms with Gasteiger partial charge in [-0.2, -0.15) is 24.7 Å². The van der Waals surface area contributed by atoms with Crippen LogP contribution < -0.4 is 10.5 Å². The molecule has 102 valence electrons. The molecule has 2 heterocycles. The predicted molar refractivity (Wildman–Crippen MR) is 65.7 cm³/mol. The molecule has 19 heavy (non-hydrogen) atoms. The van der Waals surface area contributed by atoms with Crippen molar-refractivity contribution in [3.05, 3.63) is 12.7 Å². The molecule has 0 fully saturated rings. The molecule has 0 aliphatic carbocycles. The zero-order chi connectivity index (χ0) is 13.7. The average molecular weight is 265 g/mol. The van der Waals surface area contributed by atoms with Gasteiger partial charge in [0.05, 0.1) is 6.61 Å². The number of nitrogens with two attached hydrogens (primary N) is 1. The Morgan fingerprint density at radius 2 is 2.21 bits per heavy atom. The molecule has 0 bridgehead atoms. The third kappa shape index (κ3) is 3.58. The van der Waals surface area contributed by atoms with Crippen molar-refractivity contribution in [2.45, 2.75) is 20.0 Å². The van der Waals surface area contributed by atoms with Gasteiger partial charge in [0.2, 0.25) is 5.95 Å². The van der Waals surface area contributed by atoms with Gasteiger partial charge in [-0.25, -0.2) is 4.98 Å². The number of rotatable bonds is 6. The van der Waals surface area contributed by atoms with E-state index in [2.05, 4.69) is 25.0 Å². The number of anilines is 1. The van der Waals surface area contributed by atoms with Gasteiger partial charge in [-0.3, -0.25) is 0 Å². The molecule has 2 aromatic rings. The molecule has 0 amide bonds. The molecule has 0 aliphatic rings. The summed E-state index contributed by atoms with van der Waals surface area (Å²) in [6.45, 7) is 4.83. The summed E-state index contributed by atoms with van der Waals surface area (Å²) in [7, 11) is 0. The minimum absolute atomic E-state index is 0.0547. The molecule has 2 aromatic heterocycles. The number of hydrogen-bond acceptors (Lipinski definition) is 8. The zero-order valence-electron chi connectivity index (χ0n) is 10.7. The van der Waals surface area contributed by atoms with E-state index >= 15 is 0 Å². The Labute approximate surface area is 109 Å². The number of ether oxygens (including phenoxy) is 2. The van der Waals surface area contributed by atoms with Gasteiger partial charge < -0.3 is 15.2 Å². The van der Waals surface area contributed by atoms with Crippen molar-refractivity contribution < 1.29 is 9.47 Å². The summed E-state index contributed by atoms with van der Waals surface area (Å²) in [6, 6.07) is 0.130. The topological polar surface area (TPSA) is 114 Å². The van der Waals surface area contributed by atoms with Crippen molar-refractivity contribution in [3.63, 3.8) is 0 Å². The Balaban J connectivity index is 2.13. The largest absolute Gasteiger partial charge is 0.458 e. The minimum Gasteiger partial charge on any atom is -0.458 e. The fourth-order valence-corrected chi connectivity index (χ4v) is 1.33. The van der Waals surface area contributed by atoms with Gasteiger partial charge in [-0.1, -0.05) is 0 Å². The summed E-state index contributed by atoms with van der Waals surface area (Å²) in [5.74, 6) is 0.308. The van der Waals surface area contributed by atoms with E-state index in [9.17, 15) is 0 Å². The molecule has 9 nitrogen and oxygen atoms in total. The second kappa shape index (κ2) is 6.05. The summed E-state index contributed by atoms with van der Waals surface area (Å²) in [6.07, 6.45) is 2.64. The van der Waals surface area contributed by atoms with Crippen LogP contribution in [0.2, 0.25) is 0 Å². The van der Waals surface area contributed by atoms with Gasteiger partial charge in [0.25, 0.3) is 5.95 Å². The number of hydrogen-bond donors (Lipinski definition) is 1. The zero-order valence-corrected chi connectivity index (χ0v) is 10.7. The molecular weight excluding hydrogens is 250 g/mol. The van der Waals surface area contributed by atoms with Crippen LogP contribution >= 0.6 is 0 Å². The SMILES string of the molecule is CCOCC(C)Oc1nc(N)nc(-n2cncn2)n1. The first-order valence-corrected chi connectivity index (χ1v) is 5.80. The maximum atomic E-state index is 5.61. The Hall–Kier alpha value is -2.29. The Morgan fingerprint density at radius 1 is 1.37 bits per heavy atom. The number of aromatic nitrogens is 6. The highest BCUT2D eigenvalue weighted by molar-refractivity contribution is 5.24. The molecule has 0 saturated carbocycles. The van der Waals surface area contributed by atoms with E-state index in [1.807, 2.05) is 13.8 Å². The van der Waals surface area contributed by atoms with E-state index in [0.717, 1.165) is 0 Å². The maximum absolute atomic E-state index is 5.61. The van der Waals surface area contributed by atoms with Crippen LogP contribution in [0, 0.1) is 0 Å². The molecule has 0 aliphatic heterocycles. The molecule has 0 spiro atoms. The highest BCUT2D eigenvalue weighted by Crippen LogP contribution is 2.09. The first-order chi connectivity index (χ1) is 9.19. The lowest BCUT2D eigenvalue weighted by molar-refractivity contribution is 0.0606. The standard InChI is InChI=1S/C10H15N7O2/c1-3-18-4-7(2)19-10-15-8(11)14-9(16-10)17-6-12-5-13-17/h5-7H,3-4H2,1-2H3,(H2,11,14,15,16). The molecule has 9 heteroatoms. The van der Waals surface area contributed by atoms with Crippen molar-refractivity contribution in [1.29, 1.82) is 0 Å². The smallest absolute Gasteiger partial charge is 0.323 e. The Bertz CT molecular complexity index is 517. The van der Waals surface area contributed by atoms with E-state index in [4.69, 9.17) is 15.2 Å². The minimum atomic E-state index is -0.189. The van der Waals surface area contributed by atoms with E-state index in [1.54, 1.807) is 0 Å². The van der Waals surface area contributed by atoms with Crippen molar-refractivity contribution in [2.24, 2.45) is 0 Å². The average Bonchev–Trinajstić information content (AvgIpc) is 2.89. The second-order valence-corrected chi connectivity index (χ2v) is 3.70. The van der Waals surface area contributed by atoms with Crippen LogP contribution in [0.3, 0.4) is 0 Å². The fourth-order valence-electron chi connectivity index (χ4n) is 1.33. The summed E-state index contributed by atoms with van der Waals surface area (Å²) in [4.78, 5) is 15.8. The summed E-state index contributed by atoms with van der Waals surface area (Å²) < 4.78 is 12.1. The highest BCUT2D eigenvalue weighted by Gasteiger charge is 2.11. The van der Waals surface area contributed by atoms with Gasteiger partial charge in [0, 0.05) is 6.61 Å². The van der Waals surface area contributed by atoms with Gasteiger partial charge in [0.1, 0.15) is 18.8 Å². The second-order valence-electron chi connectivity index (χ2n) is 3.70. The molecule has 1 atom stereocenters. The Kier molecular flexibility index (Phi) is 4.18. The van der Waals surface area contributed by atoms with Crippen LogP contribution in [0.15, 0.2) is 12.7 Å². The molecular formula is C10H15N7O2. The summed E-state index contributed by atoms with van der Waals surface area (Å²) in [5.41, 5.74) is 5.61. The van der Waals surface area contributed by atoms with Crippen LogP contribution in [-0.2, 0) is 4.74 Å². The lowest BCUT2D eigenvalue weighted by Gasteiger charge is -2.13. The van der Waals surface area contributed by atoms with E-state index in [0.29, 0.717) is 13.2 Å². The molecule has 0 aromatic carbocycles. The normalized spacial score (nSPS) is 12.3. The third-order valence-corrected chi connectivity index (χ3v) is 2.11. The summed E-state index contributed by atoms with van der Waals surface area (Å²) >= 11 is 0. The Morgan fingerprint density at radius 3 is 2.89 bits per heavy atom. The van der Waals surface area contributed by atoms with Crippen LogP contribution in [0.5, 0.6) is 6.01 Å². The van der Waals surface area contributed by atoms with Crippen molar-refractivity contribution in [2.75, 3.05) is 18.9 Å². The number of nitrogens with zero attached hydrogens (tertiary/aromatic N) is 6. The monoisotopic (exact) mass is 265 g/mol. The van der Waals surface area contributed by atoms with Crippen molar-refractivity contribution in [3.8, 4) is 12.0 Å². The van der Waals surface area contributed by atoms with Crippen molar-refractivity contribution >= 4 is 5.95 Å². The van der Waals surface area contributed by atoms with Gasteiger partial charge in [-0.05, 0) is 13.8 Å². The number of nitrogen functional groups attached to an aromatic ring is 1. The van der Waals surface area contributed by atoms with Crippen LogP contribution in [0.4, 0.5) is 5.95 Å². The van der Waals surface area contributed by atoms with E-state index < -0.39 is 0 Å². The molecule has 0 radical (unpaired) electrons. The van der Waals surface area contributed by atoms with Crippen LogP contribution in [0.1, 0.15) is 13.8 Å². The predicted octanol–water partition coefficient (Wildman–Crippen LogP) is -0.162. The van der Waals surface area contributed by atoms with Crippen LogP contribution in [0.25, 0.3) is 5.95 Å². The first kappa shape index (κ1) is 13.1. The third-order valence-electron chi connectivity index (χ3n) is 2.11. The van der Waals surface area contributed by atoms with Gasteiger partial charge >= 0.3 is 6.01 Å². The highest BCUT2D eigenvalue weighted by atomic mass is 16.5. The maximum Gasteiger partial charge on any atom is 0.323 e. The van der Waals surface area contributed by atoms with Gasteiger partial charge in [-0.15, -0.1) is 0 Å². The van der Waals surface area contributed by atoms with E-state index in [-0.39, 0.29) is 24.0 Å². The fraction of sp³-hybridized carbons (Fsp3) is 0.500. The lowest BCUT2D eigenvalue weighted by atomic mass is 10.4. The van der Waals surface area contributed by atoms with Crippen molar-refractivity contribution in [1.82, 2.24) is 29.7 Å². The van der Waals surface area contributed by atoms with Crippen LogP contribution in [-0.4, -0.2) is 49.0 Å². The molecule has 1 unspecified atom stereocenters.